The molecule has 1 aliphatic carbocycles. The fraction of sp³-hybridized carbons (Fsp3) is 0.533. The third-order valence-electron chi connectivity index (χ3n) is 3.90. The van der Waals surface area contributed by atoms with E-state index in [2.05, 4.69) is 19.2 Å². The maximum absolute atomic E-state index is 13.5. The molecule has 2 nitrogen and oxygen atoms in total. The average Bonchev–Trinajstić information content (AvgIpc) is 2.33. The molecule has 2 rings (SSSR count). The maximum atomic E-state index is 13.5. The molecule has 0 spiro atoms. The summed E-state index contributed by atoms with van der Waals surface area (Å²) in [6, 6.07) is 7.04. The Kier molecular flexibility index (Phi) is 3.86. The summed E-state index contributed by atoms with van der Waals surface area (Å²) in [5, 5.41) is 12.4. The number of nitriles is 1. The Balaban J connectivity index is 2.15. The van der Waals surface area contributed by atoms with Gasteiger partial charge in [-0.15, -0.1) is 0 Å². The van der Waals surface area contributed by atoms with E-state index in [9.17, 15) is 4.39 Å². The first-order valence-corrected chi connectivity index (χ1v) is 6.57. The normalized spacial score (nSPS) is 27.6. The third-order valence-corrected chi connectivity index (χ3v) is 3.90. The predicted octanol–water partition coefficient (Wildman–Crippen LogP) is 3.93. The van der Waals surface area contributed by atoms with Crippen molar-refractivity contribution < 1.29 is 4.39 Å². The number of nitrogens with one attached hydrogen (secondary N) is 1. The van der Waals surface area contributed by atoms with Crippen molar-refractivity contribution in [2.45, 2.75) is 39.2 Å². The van der Waals surface area contributed by atoms with Crippen LogP contribution >= 0.6 is 0 Å². The zero-order valence-corrected chi connectivity index (χ0v) is 10.9. The lowest BCUT2D eigenvalue weighted by atomic mass is 9.80. The van der Waals surface area contributed by atoms with Crippen LogP contribution in [0.3, 0.4) is 0 Å². The molecule has 1 aromatic carbocycles. The molecule has 1 fully saturated rings. The van der Waals surface area contributed by atoms with Gasteiger partial charge in [-0.05, 0) is 43.2 Å². The number of anilines is 1. The van der Waals surface area contributed by atoms with Crippen molar-refractivity contribution in [2.24, 2.45) is 11.8 Å². The van der Waals surface area contributed by atoms with E-state index in [4.69, 9.17) is 5.26 Å². The van der Waals surface area contributed by atoms with Crippen LogP contribution in [0.5, 0.6) is 0 Å². The lowest BCUT2D eigenvalue weighted by Gasteiger charge is -2.34. The maximum Gasteiger partial charge on any atom is 0.143 e. The summed E-state index contributed by atoms with van der Waals surface area (Å²) < 4.78 is 13.5. The molecule has 0 heterocycles. The van der Waals surface area contributed by atoms with Crippen LogP contribution in [-0.2, 0) is 0 Å². The highest BCUT2D eigenvalue weighted by molar-refractivity contribution is 5.58. The van der Waals surface area contributed by atoms with Crippen LogP contribution in [0.1, 0.15) is 38.7 Å². The van der Waals surface area contributed by atoms with Gasteiger partial charge in [0.05, 0.1) is 5.69 Å². The lowest BCUT2D eigenvalue weighted by Crippen LogP contribution is -2.33. The number of halogens is 1. The summed E-state index contributed by atoms with van der Waals surface area (Å²) in [5.74, 6) is 0.879. The number of benzene rings is 1. The first kappa shape index (κ1) is 12.9. The molecule has 96 valence electrons. The van der Waals surface area contributed by atoms with Gasteiger partial charge in [0.1, 0.15) is 17.4 Å². The first-order chi connectivity index (χ1) is 8.61. The van der Waals surface area contributed by atoms with Crippen molar-refractivity contribution in [1.29, 1.82) is 5.26 Å². The van der Waals surface area contributed by atoms with E-state index >= 15 is 0 Å². The van der Waals surface area contributed by atoms with Gasteiger partial charge < -0.3 is 5.32 Å². The molecule has 0 amide bonds. The molecule has 1 N–H and O–H groups in total. The second-order valence-electron chi connectivity index (χ2n) is 5.42. The molecular weight excluding hydrogens is 227 g/mol. The van der Waals surface area contributed by atoms with E-state index in [1.807, 2.05) is 6.07 Å². The van der Waals surface area contributed by atoms with Crippen molar-refractivity contribution >= 4 is 5.69 Å². The molecule has 0 bridgehead atoms. The zero-order chi connectivity index (χ0) is 13.1. The van der Waals surface area contributed by atoms with Gasteiger partial charge in [-0.1, -0.05) is 19.9 Å². The Morgan fingerprint density at radius 1 is 1.33 bits per heavy atom. The van der Waals surface area contributed by atoms with Gasteiger partial charge in [0.15, 0.2) is 0 Å². The topological polar surface area (TPSA) is 35.8 Å². The zero-order valence-electron chi connectivity index (χ0n) is 10.9. The minimum atomic E-state index is -0.445. The van der Waals surface area contributed by atoms with Crippen LogP contribution in [0.25, 0.3) is 0 Å². The molecule has 1 aromatic rings. The first-order valence-electron chi connectivity index (χ1n) is 6.57. The minimum absolute atomic E-state index is 0.128. The number of hydrogen-bond acceptors (Lipinski definition) is 2. The molecule has 3 atom stereocenters. The summed E-state index contributed by atoms with van der Waals surface area (Å²) in [6.07, 6.45) is 3.47. The molecule has 0 saturated heterocycles. The Bertz CT molecular complexity index is 464. The van der Waals surface area contributed by atoms with Crippen molar-refractivity contribution in [1.82, 2.24) is 0 Å². The molecular formula is C15H19FN2. The van der Waals surface area contributed by atoms with Gasteiger partial charge in [0, 0.05) is 6.04 Å². The van der Waals surface area contributed by atoms with E-state index in [1.165, 1.54) is 18.9 Å². The lowest BCUT2D eigenvalue weighted by molar-refractivity contribution is 0.276. The van der Waals surface area contributed by atoms with Gasteiger partial charge in [-0.3, -0.25) is 0 Å². The van der Waals surface area contributed by atoms with Gasteiger partial charge in [-0.25, -0.2) is 4.39 Å². The van der Waals surface area contributed by atoms with E-state index in [0.717, 1.165) is 12.3 Å². The molecule has 1 saturated carbocycles. The van der Waals surface area contributed by atoms with Crippen LogP contribution in [0.15, 0.2) is 18.2 Å². The Hall–Kier alpha value is -1.56. The van der Waals surface area contributed by atoms with Gasteiger partial charge in [-0.2, -0.15) is 5.26 Å². The SMILES string of the molecule is CC1CCC(Nc2cccc(F)c2C#N)C(C)C1. The molecule has 0 aliphatic heterocycles. The summed E-state index contributed by atoms with van der Waals surface area (Å²) in [6.45, 7) is 4.49. The molecule has 0 aromatic heterocycles. The monoisotopic (exact) mass is 246 g/mol. The predicted molar refractivity (Wildman–Crippen MR) is 70.7 cm³/mol. The van der Waals surface area contributed by atoms with Crippen LogP contribution in [0.2, 0.25) is 0 Å². The smallest absolute Gasteiger partial charge is 0.143 e. The molecule has 1 aliphatic rings. The van der Waals surface area contributed by atoms with Crippen LogP contribution in [-0.4, -0.2) is 6.04 Å². The van der Waals surface area contributed by atoms with Crippen molar-refractivity contribution in [3.8, 4) is 6.07 Å². The van der Waals surface area contributed by atoms with Gasteiger partial charge in [0.2, 0.25) is 0 Å². The summed E-state index contributed by atoms with van der Waals surface area (Å²) in [5.41, 5.74) is 0.757. The fourth-order valence-corrected chi connectivity index (χ4v) is 2.84. The number of hydrogen-bond donors (Lipinski definition) is 1. The van der Waals surface area contributed by atoms with E-state index < -0.39 is 5.82 Å². The summed E-state index contributed by atoms with van der Waals surface area (Å²) >= 11 is 0. The third kappa shape index (κ3) is 2.64. The standard InChI is InChI=1S/C15H19FN2/c1-10-6-7-14(11(2)8-10)18-15-5-3-4-13(16)12(15)9-17/h3-5,10-11,14,18H,6-8H2,1-2H3. The van der Waals surface area contributed by atoms with Crippen molar-refractivity contribution in [3.63, 3.8) is 0 Å². The molecule has 18 heavy (non-hydrogen) atoms. The van der Waals surface area contributed by atoms with Crippen LogP contribution in [0, 0.1) is 29.0 Å². The Labute approximate surface area is 108 Å². The highest BCUT2D eigenvalue weighted by Gasteiger charge is 2.25. The quantitative estimate of drug-likeness (QED) is 0.858. The highest BCUT2D eigenvalue weighted by Crippen LogP contribution is 2.31. The minimum Gasteiger partial charge on any atom is -0.381 e. The number of nitrogens with zero attached hydrogens (tertiary/aromatic N) is 1. The second-order valence-corrected chi connectivity index (χ2v) is 5.42. The second kappa shape index (κ2) is 5.39. The fourth-order valence-electron chi connectivity index (χ4n) is 2.84. The van der Waals surface area contributed by atoms with Crippen molar-refractivity contribution in [3.05, 3.63) is 29.6 Å². The van der Waals surface area contributed by atoms with Gasteiger partial charge in [0.25, 0.3) is 0 Å². The molecule has 3 heteroatoms. The molecule has 3 unspecified atom stereocenters. The van der Waals surface area contributed by atoms with E-state index in [0.29, 0.717) is 17.6 Å². The van der Waals surface area contributed by atoms with E-state index in [1.54, 1.807) is 12.1 Å². The Morgan fingerprint density at radius 2 is 2.11 bits per heavy atom. The number of rotatable bonds is 2. The van der Waals surface area contributed by atoms with Crippen LogP contribution < -0.4 is 5.32 Å². The van der Waals surface area contributed by atoms with Gasteiger partial charge >= 0.3 is 0 Å². The molecule has 0 radical (unpaired) electrons. The largest absolute Gasteiger partial charge is 0.381 e. The van der Waals surface area contributed by atoms with Crippen LogP contribution in [0.4, 0.5) is 10.1 Å². The Morgan fingerprint density at radius 3 is 2.78 bits per heavy atom. The van der Waals surface area contributed by atoms with E-state index in [-0.39, 0.29) is 5.56 Å². The summed E-state index contributed by atoms with van der Waals surface area (Å²) in [4.78, 5) is 0. The summed E-state index contributed by atoms with van der Waals surface area (Å²) in [7, 11) is 0. The van der Waals surface area contributed by atoms with Crippen molar-refractivity contribution in [2.75, 3.05) is 5.32 Å². The highest BCUT2D eigenvalue weighted by atomic mass is 19.1. The average molecular weight is 246 g/mol.